The van der Waals surface area contributed by atoms with Crippen LogP contribution >= 0.6 is 0 Å². The quantitative estimate of drug-likeness (QED) is 0.0501. The Morgan fingerprint density at radius 2 is 0.840 bits per heavy atom. The van der Waals surface area contributed by atoms with E-state index >= 15 is 0 Å². The molecule has 19 nitrogen and oxygen atoms in total. The van der Waals surface area contributed by atoms with Crippen molar-refractivity contribution in [3.8, 4) is 34.3 Å². The highest BCUT2D eigenvalue weighted by Gasteiger charge is 2.41. The lowest BCUT2D eigenvalue weighted by atomic mass is 9.63. The van der Waals surface area contributed by atoms with Gasteiger partial charge in [0.2, 0.25) is 0 Å². The van der Waals surface area contributed by atoms with Crippen LogP contribution in [0.1, 0.15) is 246 Å². The zero-order valence-corrected chi connectivity index (χ0v) is 68.5. The molecule has 0 aliphatic heterocycles. The van der Waals surface area contributed by atoms with E-state index in [0.29, 0.717) is 47.8 Å². The van der Waals surface area contributed by atoms with Gasteiger partial charge in [-0.2, -0.15) is 25.5 Å². The minimum atomic E-state index is -0.273. The summed E-state index contributed by atoms with van der Waals surface area (Å²) in [6.07, 6.45) is 17.4. The number of nitrogens with zero attached hydrogens (tertiary/aromatic N) is 10. The van der Waals surface area contributed by atoms with E-state index in [2.05, 4.69) is 214 Å². The van der Waals surface area contributed by atoms with E-state index in [1.54, 1.807) is 14.2 Å². The molecule has 5 heterocycles. The lowest BCUT2D eigenvalue weighted by Crippen LogP contribution is -2.34. The van der Waals surface area contributed by atoms with Crippen molar-refractivity contribution in [1.82, 2.24) is 75.9 Å². The summed E-state index contributed by atoms with van der Waals surface area (Å²) in [6.45, 7) is 43.9. The van der Waals surface area contributed by atoms with Gasteiger partial charge in [0.25, 0.3) is 0 Å². The fourth-order valence-corrected chi connectivity index (χ4v) is 20.3. The van der Waals surface area contributed by atoms with Crippen molar-refractivity contribution < 1.29 is 26.1 Å². The summed E-state index contributed by atoms with van der Waals surface area (Å²) >= 11 is 0. The number of aromatic amines is 5. The summed E-state index contributed by atoms with van der Waals surface area (Å²) in [7, 11) is 3.30. The first kappa shape index (κ1) is 82.5. The second-order valence-corrected chi connectivity index (χ2v) is 34.5. The molecule has 13 rings (SSSR count). The third kappa shape index (κ3) is 22.8. The predicted molar refractivity (Wildman–Crippen MR) is 435 cm³/mol. The highest BCUT2D eigenvalue weighted by atomic mass is 16.5. The molecule has 11 unspecified atom stereocenters. The number of hydrogen-bond acceptors (Lipinski definition) is 14. The lowest BCUT2D eigenvalue weighted by molar-refractivity contribution is -0.142. The summed E-state index contributed by atoms with van der Waals surface area (Å²) in [5.74, 6) is 25.1. The molecule has 19 heteroatoms. The number of esters is 1. The molecule has 5 N–H and O–H groups in total. The fraction of sp³-hybridized carbons (Fsp3) is 0.667. The van der Waals surface area contributed by atoms with Gasteiger partial charge in [0.1, 0.15) is 47.0 Å². The van der Waals surface area contributed by atoms with E-state index in [-0.39, 0.29) is 25.4 Å². The molecule has 0 radical (unpaired) electrons. The van der Waals surface area contributed by atoms with Crippen LogP contribution in [0.5, 0.6) is 11.5 Å². The first-order valence-electron chi connectivity index (χ1n) is 40.7. The Kier molecular flexibility index (Phi) is 30.3. The average molecular weight is 1460 g/mol. The Labute approximate surface area is 642 Å². The van der Waals surface area contributed by atoms with Crippen LogP contribution < -0.4 is 9.47 Å². The van der Waals surface area contributed by atoms with Crippen molar-refractivity contribution >= 4 is 5.97 Å². The van der Waals surface area contributed by atoms with Crippen molar-refractivity contribution in [2.75, 3.05) is 20.8 Å². The minimum absolute atomic E-state index is 0. The molecule has 3 aromatic carbocycles. The molecule has 106 heavy (non-hydrogen) atoms. The Morgan fingerprint density at radius 1 is 0.434 bits per heavy atom. The zero-order valence-electron chi connectivity index (χ0n) is 68.5. The first-order chi connectivity index (χ1) is 50.7. The average Bonchev–Trinajstić information content (AvgIpc) is 1.76. The summed E-state index contributed by atoms with van der Waals surface area (Å²) in [5, 5.41) is 37.1. The van der Waals surface area contributed by atoms with Crippen LogP contribution in [0.2, 0.25) is 0 Å². The third-order valence-electron chi connectivity index (χ3n) is 25.0. The van der Waals surface area contributed by atoms with Crippen LogP contribution in [-0.4, -0.2) is 103 Å². The molecule has 5 aliphatic rings. The van der Waals surface area contributed by atoms with Crippen LogP contribution in [0.15, 0.2) is 72.8 Å². The molecule has 590 valence electrons. The highest BCUT2D eigenvalue weighted by molar-refractivity contribution is 5.71. The Bertz CT molecular complexity index is 3810. The SMILES string of the molecule is CCOC(=O)Cc1nc(C(c2ccccc2)C2C(C)CC(C)CC2C)n[nH]1.COc1ccc(-c2n[nH]c(CC3C(C)CC(C)CC3C)n2)c(OC)c1.Cc1ccccc1-c1n[nH]c(CC2C(C)CC(C)CC2C)n1.Cc1nc(CC2C(C)CC(C)CC2C)n[nH]1.Cc1nc(CC2C(C)CC(C)CC2C)n[nH]1.[HH].[HH].[HH].[HH].[HH]. The monoisotopic (exact) mass is 1460 g/mol. The molecule has 5 saturated carbocycles. The summed E-state index contributed by atoms with van der Waals surface area (Å²) in [6, 6.07) is 24.5. The number of rotatable bonds is 18. The van der Waals surface area contributed by atoms with Crippen LogP contribution in [0.3, 0.4) is 0 Å². The number of benzene rings is 3. The van der Waals surface area contributed by atoms with E-state index in [1.165, 1.54) is 75.3 Å². The minimum Gasteiger partial charge on any atom is -0.497 e. The van der Waals surface area contributed by atoms with Crippen LogP contribution in [0.25, 0.3) is 22.8 Å². The number of nitrogens with one attached hydrogen (secondary N) is 5. The van der Waals surface area contributed by atoms with Gasteiger partial charge in [0.05, 0.1) is 26.4 Å². The number of hydrogen-bond donors (Lipinski definition) is 5. The molecular formula is C87H143N15O4. The van der Waals surface area contributed by atoms with Gasteiger partial charge in [0.15, 0.2) is 29.1 Å². The van der Waals surface area contributed by atoms with Crippen molar-refractivity contribution in [3.05, 3.63) is 131 Å². The normalized spacial score (nSPS) is 29.6. The second-order valence-electron chi connectivity index (χ2n) is 34.5. The molecule has 11 atom stereocenters. The maximum absolute atomic E-state index is 11.8. The smallest absolute Gasteiger partial charge is 0.313 e. The molecule has 0 saturated heterocycles. The molecule has 5 aliphatic carbocycles. The van der Waals surface area contributed by atoms with Crippen LogP contribution in [0.4, 0.5) is 0 Å². The number of ether oxygens (including phenoxy) is 3. The Balaban J connectivity index is 0.000000293. The van der Waals surface area contributed by atoms with Gasteiger partial charge in [-0.25, -0.2) is 24.9 Å². The summed E-state index contributed by atoms with van der Waals surface area (Å²) < 4.78 is 15.8. The second kappa shape index (κ2) is 39.0. The first-order valence-corrected chi connectivity index (χ1v) is 40.7. The number of carbonyl (C=O) groups excluding carboxylic acids is 1. The molecule has 0 spiro atoms. The summed E-state index contributed by atoms with van der Waals surface area (Å²) in [4.78, 5) is 34.8. The van der Waals surface area contributed by atoms with Gasteiger partial charge >= 0.3 is 5.97 Å². The maximum Gasteiger partial charge on any atom is 0.313 e. The van der Waals surface area contributed by atoms with Crippen molar-refractivity contribution in [3.63, 3.8) is 0 Å². The Hall–Kier alpha value is -7.57. The lowest BCUT2D eigenvalue weighted by Gasteiger charge is -2.42. The van der Waals surface area contributed by atoms with Gasteiger partial charge in [-0.3, -0.25) is 30.3 Å². The van der Waals surface area contributed by atoms with Gasteiger partial charge in [0, 0.05) is 50.4 Å². The van der Waals surface area contributed by atoms with Crippen LogP contribution in [-0.2, 0) is 41.6 Å². The molecule has 5 fully saturated rings. The number of methoxy groups -OCH3 is 2. The van der Waals surface area contributed by atoms with E-state index in [4.69, 9.17) is 29.2 Å². The topological polar surface area (TPSA) is 253 Å². The van der Waals surface area contributed by atoms with Gasteiger partial charge < -0.3 is 14.2 Å². The van der Waals surface area contributed by atoms with Crippen molar-refractivity contribution in [2.24, 2.45) is 118 Å². The number of aryl methyl sites for hydroxylation is 3. The number of carbonyl (C=O) groups is 1. The zero-order chi connectivity index (χ0) is 76.5. The van der Waals surface area contributed by atoms with Crippen LogP contribution in [0, 0.1) is 139 Å². The molecule has 0 bridgehead atoms. The van der Waals surface area contributed by atoms with E-state index in [1.807, 2.05) is 51.1 Å². The number of H-pyrrole nitrogens is 5. The molecule has 0 amide bonds. The van der Waals surface area contributed by atoms with E-state index in [9.17, 15) is 4.79 Å². The highest BCUT2D eigenvalue weighted by Crippen LogP contribution is 2.48. The van der Waals surface area contributed by atoms with Gasteiger partial charge in [-0.05, 0) is 234 Å². The largest absolute Gasteiger partial charge is 0.497 e. The predicted octanol–water partition coefficient (Wildman–Crippen LogP) is 20.5. The fourth-order valence-electron chi connectivity index (χ4n) is 20.3. The van der Waals surface area contributed by atoms with Gasteiger partial charge in [-0.1, -0.05) is 158 Å². The summed E-state index contributed by atoms with van der Waals surface area (Å²) in [5.41, 5.74) is 4.48. The van der Waals surface area contributed by atoms with Crippen molar-refractivity contribution in [2.45, 2.75) is 234 Å². The van der Waals surface area contributed by atoms with E-state index < -0.39 is 0 Å². The molecular weight excluding hydrogens is 1320 g/mol. The molecule has 5 aromatic heterocycles. The maximum atomic E-state index is 11.8. The number of aromatic nitrogens is 15. The van der Waals surface area contributed by atoms with Crippen molar-refractivity contribution in [1.29, 1.82) is 0 Å². The standard InChI is InChI=1S/C22H31N3O2.C20H29N3O2.C19H27N3.2C13H23N3.5H2/c1-5-27-19(26)13-18-23-22(25-24-18)21(17-9-7-6-8-10-17)20-15(3)11-14(2)12-16(20)4;1-12-8-13(2)17(14(3)9-12)11-19-21-20(23-22-19)16-7-6-15(24-4)10-18(16)25-5;1-12-9-14(3)17(15(4)10-12)11-18-20-19(22-21-18)16-8-6-5-7-13(16)2;2*1-8-5-9(2)12(10(3)6-8)7-13-14-11(4)15-16-13;;;;;/h6-10,14-16,20-21H,5,11-13H2,1-4H3,(H,23,24,25);6-7,10,12-14,17H,8-9,11H2,1-5H3,(H,21,22,23);5-8,12,14-15,17H,9-11H2,1-4H3,(H,20,21,22);2*8-10,12H,5-7H2,1-4H3,(H,14,15,16);5*1H. The Morgan fingerprint density at radius 3 is 1.25 bits per heavy atom. The molecule has 8 aromatic rings. The van der Waals surface area contributed by atoms with Gasteiger partial charge in [-0.15, -0.1) is 0 Å². The van der Waals surface area contributed by atoms with E-state index in [0.717, 1.165) is 184 Å². The third-order valence-corrected chi connectivity index (χ3v) is 25.0.